The van der Waals surface area contributed by atoms with E-state index in [9.17, 15) is 13.2 Å². The minimum absolute atomic E-state index is 0.0459. The van der Waals surface area contributed by atoms with Crippen LogP contribution in [0, 0.1) is 0 Å². The minimum Gasteiger partial charge on any atom is -0.332 e. The van der Waals surface area contributed by atoms with E-state index in [-0.39, 0.29) is 22.9 Å². The molecule has 0 spiro atoms. The van der Waals surface area contributed by atoms with Crippen LogP contribution in [-0.2, 0) is 10.0 Å². The van der Waals surface area contributed by atoms with Gasteiger partial charge in [-0.2, -0.15) is 0 Å². The molecule has 1 saturated carbocycles. The summed E-state index contributed by atoms with van der Waals surface area (Å²) >= 11 is 0. The number of hydrogen-bond donors (Lipinski definition) is 1. The molecule has 2 aromatic carbocycles. The maximum absolute atomic E-state index is 12.9. The molecule has 1 saturated heterocycles. The lowest BCUT2D eigenvalue weighted by molar-refractivity contribution is 0.0735. The van der Waals surface area contributed by atoms with Crippen molar-refractivity contribution in [2.24, 2.45) is 0 Å². The number of hydrogen-bond acceptors (Lipinski definition) is 3. The Morgan fingerprint density at radius 2 is 1.65 bits per heavy atom. The molecule has 1 N–H and O–H groups in total. The van der Waals surface area contributed by atoms with Crippen LogP contribution in [0.1, 0.15) is 47.6 Å². The number of benzene rings is 2. The molecule has 26 heavy (non-hydrogen) atoms. The molecule has 2 fully saturated rings. The molecular formula is C20H22N2O3S. The highest BCUT2D eigenvalue weighted by Crippen LogP contribution is 2.33. The van der Waals surface area contributed by atoms with Crippen LogP contribution < -0.4 is 4.72 Å². The Morgan fingerprint density at radius 1 is 0.962 bits per heavy atom. The monoisotopic (exact) mass is 370 g/mol. The summed E-state index contributed by atoms with van der Waals surface area (Å²) in [5.74, 6) is -0.0459. The first-order chi connectivity index (χ1) is 12.5. The summed E-state index contributed by atoms with van der Waals surface area (Å²) in [6.45, 7) is 0.724. The number of rotatable bonds is 5. The molecule has 6 heteroatoms. The molecule has 1 unspecified atom stereocenters. The minimum atomic E-state index is -3.49. The fourth-order valence-electron chi connectivity index (χ4n) is 3.46. The van der Waals surface area contributed by atoms with Crippen LogP contribution in [0.25, 0.3) is 0 Å². The van der Waals surface area contributed by atoms with E-state index >= 15 is 0 Å². The third kappa shape index (κ3) is 3.52. The second-order valence-corrected chi connectivity index (χ2v) is 8.70. The van der Waals surface area contributed by atoms with Crippen molar-refractivity contribution < 1.29 is 13.2 Å². The SMILES string of the molecule is O=C(c1ccc(S(=O)(=O)NC2CC2)cc1)N1CCCC1c1ccccc1. The lowest BCUT2D eigenvalue weighted by Crippen LogP contribution is -2.30. The van der Waals surface area contributed by atoms with Crippen molar-refractivity contribution in [1.29, 1.82) is 0 Å². The van der Waals surface area contributed by atoms with Gasteiger partial charge in [0.05, 0.1) is 10.9 Å². The van der Waals surface area contributed by atoms with Gasteiger partial charge < -0.3 is 4.90 Å². The van der Waals surface area contributed by atoms with Crippen LogP contribution in [0.3, 0.4) is 0 Å². The molecular weight excluding hydrogens is 348 g/mol. The Morgan fingerprint density at radius 3 is 2.31 bits per heavy atom. The van der Waals surface area contributed by atoms with Gasteiger partial charge in [-0.25, -0.2) is 13.1 Å². The van der Waals surface area contributed by atoms with Crippen molar-refractivity contribution in [3.63, 3.8) is 0 Å². The highest BCUT2D eigenvalue weighted by atomic mass is 32.2. The van der Waals surface area contributed by atoms with Crippen LogP contribution >= 0.6 is 0 Å². The Bertz CT molecular complexity index is 890. The normalized spacial score (nSPS) is 20.3. The van der Waals surface area contributed by atoms with Crippen LogP contribution in [0.2, 0.25) is 0 Å². The first-order valence-corrected chi connectivity index (χ1v) is 10.5. The second kappa shape index (κ2) is 6.85. The Labute approximate surface area is 154 Å². The molecule has 0 radical (unpaired) electrons. The Hall–Kier alpha value is -2.18. The summed E-state index contributed by atoms with van der Waals surface area (Å²) in [4.78, 5) is 15.0. The molecule has 1 amide bonds. The second-order valence-electron chi connectivity index (χ2n) is 6.99. The van der Waals surface area contributed by atoms with Crippen molar-refractivity contribution >= 4 is 15.9 Å². The van der Waals surface area contributed by atoms with Gasteiger partial charge in [0, 0.05) is 18.2 Å². The quantitative estimate of drug-likeness (QED) is 0.879. The van der Waals surface area contributed by atoms with Gasteiger partial charge in [0.1, 0.15) is 0 Å². The average Bonchev–Trinajstić information content (AvgIpc) is 3.32. The highest BCUT2D eigenvalue weighted by Gasteiger charge is 2.31. The van der Waals surface area contributed by atoms with Gasteiger partial charge in [-0.15, -0.1) is 0 Å². The Balaban J connectivity index is 1.52. The van der Waals surface area contributed by atoms with E-state index in [0.29, 0.717) is 5.56 Å². The molecule has 5 nitrogen and oxygen atoms in total. The summed E-state index contributed by atoms with van der Waals surface area (Å²) < 4.78 is 27.2. The lowest BCUT2D eigenvalue weighted by Gasteiger charge is -2.25. The molecule has 4 rings (SSSR count). The number of nitrogens with zero attached hydrogens (tertiary/aromatic N) is 1. The molecule has 1 atom stereocenters. The van der Waals surface area contributed by atoms with Gasteiger partial charge in [0.25, 0.3) is 5.91 Å². The topological polar surface area (TPSA) is 66.5 Å². The van der Waals surface area contributed by atoms with E-state index in [2.05, 4.69) is 16.9 Å². The maximum atomic E-state index is 12.9. The zero-order valence-corrected chi connectivity index (χ0v) is 15.3. The zero-order chi connectivity index (χ0) is 18.1. The lowest BCUT2D eigenvalue weighted by atomic mass is 10.0. The molecule has 0 bridgehead atoms. The number of nitrogens with one attached hydrogen (secondary N) is 1. The van der Waals surface area contributed by atoms with Gasteiger partial charge in [-0.1, -0.05) is 30.3 Å². The van der Waals surface area contributed by atoms with Gasteiger partial charge in [0.15, 0.2) is 0 Å². The number of sulfonamides is 1. The molecule has 136 valence electrons. The van der Waals surface area contributed by atoms with E-state index < -0.39 is 10.0 Å². The average molecular weight is 370 g/mol. The van der Waals surface area contributed by atoms with E-state index in [1.54, 1.807) is 12.1 Å². The number of carbonyl (C=O) groups is 1. The van der Waals surface area contributed by atoms with Gasteiger partial charge >= 0.3 is 0 Å². The smallest absolute Gasteiger partial charge is 0.254 e. The van der Waals surface area contributed by atoms with Crippen molar-refractivity contribution in [3.05, 3.63) is 65.7 Å². The summed E-state index contributed by atoms with van der Waals surface area (Å²) in [6, 6.07) is 16.5. The molecule has 2 aromatic rings. The molecule has 1 heterocycles. The highest BCUT2D eigenvalue weighted by molar-refractivity contribution is 7.89. The van der Waals surface area contributed by atoms with E-state index in [1.807, 2.05) is 23.1 Å². The van der Waals surface area contributed by atoms with E-state index in [4.69, 9.17) is 0 Å². The number of likely N-dealkylation sites (tertiary alicyclic amines) is 1. The third-order valence-corrected chi connectivity index (χ3v) is 6.55. The van der Waals surface area contributed by atoms with Crippen molar-refractivity contribution in [3.8, 4) is 0 Å². The van der Waals surface area contributed by atoms with E-state index in [1.165, 1.54) is 12.1 Å². The predicted molar refractivity (Wildman–Crippen MR) is 99.2 cm³/mol. The van der Waals surface area contributed by atoms with Crippen LogP contribution in [0.4, 0.5) is 0 Å². The molecule has 1 aliphatic heterocycles. The summed E-state index contributed by atoms with van der Waals surface area (Å²) in [5.41, 5.74) is 1.67. The Kier molecular flexibility index (Phi) is 4.54. The van der Waals surface area contributed by atoms with Crippen molar-refractivity contribution in [2.45, 2.75) is 42.7 Å². The van der Waals surface area contributed by atoms with Gasteiger partial charge in [-0.3, -0.25) is 4.79 Å². The molecule has 0 aromatic heterocycles. The van der Waals surface area contributed by atoms with Crippen LogP contribution in [0.15, 0.2) is 59.5 Å². The van der Waals surface area contributed by atoms with E-state index in [0.717, 1.165) is 37.8 Å². The van der Waals surface area contributed by atoms with Crippen molar-refractivity contribution in [2.75, 3.05) is 6.54 Å². The number of carbonyl (C=O) groups excluding carboxylic acids is 1. The molecule has 2 aliphatic rings. The van der Waals surface area contributed by atoms with Crippen LogP contribution in [-0.4, -0.2) is 31.8 Å². The molecule has 1 aliphatic carbocycles. The summed E-state index contributed by atoms with van der Waals surface area (Å²) in [7, 11) is -3.49. The third-order valence-electron chi connectivity index (χ3n) is 5.01. The zero-order valence-electron chi connectivity index (χ0n) is 14.5. The number of amides is 1. The fourth-order valence-corrected chi connectivity index (χ4v) is 4.77. The fraction of sp³-hybridized carbons (Fsp3) is 0.350. The summed E-state index contributed by atoms with van der Waals surface area (Å²) in [5, 5.41) is 0. The van der Waals surface area contributed by atoms with Gasteiger partial charge in [0.2, 0.25) is 10.0 Å². The van der Waals surface area contributed by atoms with Gasteiger partial charge in [-0.05, 0) is 55.5 Å². The first-order valence-electron chi connectivity index (χ1n) is 9.03. The van der Waals surface area contributed by atoms with Crippen LogP contribution in [0.5, 0.6) is 0 Å². The standard InChI is InChI=1S/C20H22N2O3S/c23-20(22-14-4-7-19(22)15-5-2-1-3-6-15)16-8-12-18(13-9-16)26(24,25)21-17-10-11-17/h1-3,5-6,8-9,12-13,17,19,21H,4,7,10-11,14H2. The maximum Gasteiger partial charge on any atom is 0.254 e. The predicted octanol–water partition coefficient (Wildman–Crippen LogP) is 3.10. The largest absolute Gasteiger partial charge is 0.332 e. The summed E-state index contributed by atoms with van der Waals surface area (Å²) in [6.07, 6.45) is 3.72. The van der Waals surface area contributed by atoms with Crippen molar-refractivity contribution in [1.82, 2.24) is 9.62 Å². The first kappa shape index (κ1) is 17.2.